The van der Waals surface area contributed by atoms with Crippen LogP contribution in [-0.4, -0.2) is 35.5 Å². The van der Waals surface area contributed by atoms with Crippen LogP contribution in [0.2, 0.25) is 5.02 Å². The van der Waals surface area contributed by atoms with Crippen LogP contribution in [0.5, 0.6) is 5.75 Å². The lowest BCUT2D eigenvalue weighted by Gasteiger charge is -2.32. The van der Waals surface area contributed by atoms with E-state index in [1.165, 1.54) is 23.3 Å². The van der Waals surface area contributed by atoms with E-state index in [2.05, 4.69) is 50.7 Å². The van der Waals surface area contributed by atoms with Gasteiger partial charge in [-0.05, 0) is 104 Å². The second-order valence-corrected chi connectivity index (χ2v) is 10.8. The van der Waals surface area contributed by atoms with Gasteiger partial charge in [-0.3, -0.25) is 4.90 Å². The zero-order valence-corrected chi connectivity index (χ0v) is 22.5. The van der Waals surface area contributed by atoms with Crippen molar-refractivity contribution in [3.63, 3.8) is 0 Å². The minimum absolute atomic E-state index is 0.224. The van der Waals surface area contributed by atoms with Crippen molar-refractivity contribution in [3.8, 4) is 16.9 Å². The van der Waals surface area contributed by atoms with Gasteiger partial charge in [0.15, 0.2) is 0 Å². The molecular weight excluding hydrogens is 523 g/mol. The van der Waals surface area contributed by atoms with Crippen LogP contribution in [0.4, 0.5) is 13.2 Å². The van der Waals surface area contributed by atoms with E-state index in [9.17, 15) is 13.2 Å². The molecule has 1 fully saturated rings. The van der Waals surface area contributed by atoms with E-state index in [-0.39, 0.29) is 5.75 Å². The van der Waals surface area contributed by atoms with Crippen LogP contribution in [0.1, 0.15) is 30.4 Å². The van der Waals surface area contributed by atoms with Gasteiger partial charge < -0.3 is 15.0 Å². The second-order valence-electron chi connectivity index (χ2n) is 10.4. The van der Waals surface area contributed by atoms with Crippen molar-refractivity contribution >= 4 is 22.5 Å². The number of rotatable bonds is 9. The van der Waals surface area contributed by atoms with Gasteiger partial charge in [0, 0.05) is 40.8 Å². The number of nitrogens with two attached hydrogens (primary N) is 1. The van der Waals surface area contributed by atoms with Crippen LogP contribution in [0.3, 0.4) is 0 Å². The fraction of sp³-hybridized carbons (Fsp3) is 0.355. The first-order valence-corrected chi connectivity index (χ1v) is 13.8. The minimum Gasteiger partial charge on any atom is -0.406 e. The quantitative estimate of drug-likeness (QED) is 0.230. The van der Waals surface area contributed by atoms with E-state index >= 15 is 0 Å². The molecular formula is C31H33ClF3N3O. The van der Waals surface area contributed by atoms with Crippen LogP contribution < -0.4 is 10.5 Å². The van der Waals surface area contributed by atoms with E-state index in [0.717, 1.165) is 78.9 Å². The minimum atomic E-state index is -4.71. The Hall–Kier alpha value is -3.00. The topological polar surface area (TPSA) is 43.4 Å². The molecule has 0 amide bonds. The Bertz CT molecular complexity index is 1390. The van der Waals surface area contributed by atoms with Crippen molar-refractivity contribution in [1.29, 1.82) is 0 Å². The number of hydrogen-bond acceptors (Lipinski definition) is 3. The van der Waals surface area contributed by atoms with E-state index in [0.29, 0.717) is 12.5 Å². The number of aryl methyl sites for hydroxylation is 1. The van der Waals surface area contributed by atoms with Crippen molar-refractivity contribution in [2.45, 2.75) is 45.1 Å². The zero-order valence-electron chi connectivity index (χ0n) is 21.8. The molecule has 8 heteroatoms. The molecule has 0 atom stereocenters. The third kappa shape index (κ3) is 7.15. The summed E-state index contributed by atoms with van der Waals surface area (Å²) in [5.74, 6) is 0.437. The normalized spacial score (nSPS) is 15.2. The van der Waals surface area contributed by atoms with E-state index in [4.69, 9.17) is 17.3 Å². The molecule has 1 aliphatic rings. The first-order chi connectivity index (χ1) is 18.8. The predicted octanol–water partition coefficient (Wildman–Crippen LogP) is 7.66. The molecule has 0 spiro atoms. The van der Waals surface area contributed by atoms with Crippen molar-refractivity contribution < 1.29 is 17.9 Å². The molecule has 0 radical (unpaired) electrons. The highest BCUT2D eigenvalue weighted by molar-refractivity contribution is 6.30. The van der Waals surface area contributed by atoms with Crippen LogP contribution in [-0.2, 0) is 19.5 Å². The third-order valence-electron chi connectivity index (χ3n) is 7.47. The molecule has 0 bridgehead atoms. The number of hydrogen-bond donors (Lipinski definition) is 1. The lowest BCUT2D eigenvalue weighted by Crippen LogP contribution is -2.33. The number of benzene rings is 3. The van der Waals surface area contributed by atoms with Crippen LogP contribution in [0.25, 0.3) is 22.0 Å². The average molecular weight is 556 g/mol. The van der Waals surface area contributed by atoms with Gasteiger partial charge in [-0.25, -0.2) is 0 Å². The lowest BCUT2D eigenvalue weighted by atomic mass is 9.90. The van der Waals surface area contributed by atoms with Crippen LogP contribution >= 0.6 is 11.6 Å². The summed E-state index contributed by atoms with van der Waals surface area (Å²) >= 11 is 6.16. The molecule has 0 unspecified atom stereocenters. The highest BCUT2D eigenvalue weighted by Gasteiger charge is 2.31. The maximum Gasteiger partial charge on any atom is 0.573 e. The molecule has 3 aromatic carbocycles. The molecule has 0 saturated carbocycles. The van der Waals surface area contributed by atoms with Gasteiger partial charge in [-0.15, -0.1) is 13.2 Å². The number of nitrogens with zero attached hydrogens (tertiary/aromatic N) is 2. The number of alkyl halides is 3. The first kappa shape index (κ1) is 27.6. The number of likely N-dealkylation sites (tertiary alicyclic amines) is 1. The van der Waals surface area contributed by atoms with Crippen LogP contribution in [0.15, 0.2) is 72.9 Å². The van der Waals surface area contributed by atoms with Crippen molar-refractivity contribution in [3.05, 3.63) is 89.1 Å². The Labute approximate surface area is 232 Å². The Balaban J connectivity index is 1.31. The summed E-state index contributed by atoms with van der Waals surface area (Å²) in [6.07, 6.45) is 1.58. The van der Waals surface area contributed by atoms with Gasteiger partial charge in [0.1, 0.15) is 5.75 Å². The molecule has 39 heavy (non-hydrogen) atoms. The number of ether oxygens (including phenoxy) is 1. The van der Waals surface area contributed by atoms with Crippen molar-refractivity contribution in [1.82, 2.24) is 9.47 Å². The summed E-state index contributed by atoms with van der Waals surface area (Å²) in [4.78, 5) is 2.50. The van der Waals surface area contributed by atoms with E-state index in [1.54, 1.807) is 12.1 Å². The molecule has 1 aromatic heterocycles. The number of halogens is 4. The Morgan fingerprint density at radius 3 is 2.41 bits per heavy atom. The zero-order chi connectivity index (χ0) is 27.4. The molecule has 206 valence electrons. The molecule has 5 rings (SSSR count). The van der Waals surface area contributed by atoms with Crippen molar-refractivity contribution in [2.75, 3.05) is 19.6 Å². The lowest BCUT2D eigenvalue weighted by molar-refractivity contribution is -0.274. The highest BCUT2D eigenvalue weighted by Crippen LogP contribution is 2.34. The molecule has 4 nitrogen and oxygen atoms in total. The fourth-order valence-electron chi connectivity index (χ4n) is 5.56. The fourth-order valence-corrected chi connectivity index (χ4v) is 5.77. The van der Waals surface area contributed by atoms with Gasteiger partial charge in [0.05, 0.1) is 0 Å². The average Bonchev–Trinajstić information content (AvgIpc) is 3.26. The van der Waals surface area contributed by atoms with Crippen LogP contribution in [0, 0.1) is 5.92 Å². The Morgan fingerprint density at radius 2 is 1.72 bits per heavy atom. The Morgan fingerprint density at radius 1 is 0.949 bits per heavy atom. The summed E-state index contributed by atoms with van der Waals surface area (Å²) in [5, 5.41) is 1.88. The largest absolute Gasteiger partial charge is 0.573 e. The van der Waals surface area contributed by atoms with Gasteiger partial charge >= 0.3 is 6.36 Å². The van der Waals surface area contributed by atoms with Gasteiger partial charge in [0.2, 0.25) is 0 Å². The summed E-state index contributed by atoms with van der Waals surface area (Å²) in [5.41, 5.74) is 11.2. The van der Waals surface area contributed by atoms with Crippen molar-refractivity contribution in [2.24, 2.45) is 11.7 Å². The molecule has 2 N–H and O–H groups in total. The number of aromatic nitrogens is 1. The van der Waals surface area contributed by atoms with Gasteiger partial charge in [-0.1, -0.05) is 41.9 Å². The Kier molecular flexibility index (Phi) is 8.50. The van der Waals surface area contributed by atoms with E-state index < -0.39 is 6.36 Å². The molecule has 0 aliphatic carbocycles. The first-order valence-electron chi connectivity index (χ1n) is 13.4. The molecule has 2 heterocycles. The second kappa shape index (κ2) is 12.0. The molecule has 1 aliphatic heterocycles. The smallest absolute Gasteiger partial charge is 0.406 e. The predicted molar refractivity (Wildman–Crippen MR) is 151 cm³/mol. The molecule has 4 aromatic rings. The number of fused-ring (bicyclic) bond motifs is 1. The standard InChI is InChI=1S/C31H33ClF3N3O/c32-26-4-1-3-23(18-26)17-22-11-15-37(16-12-22)20-24-5-10-30-28(19-24)29(21-38(30)14-2-13-36)25-6-8-27(9-7-25)39-31(33,34)35/h1,3-10,18-19,21-22H,2,11-17,20,36H2. The summed E-state index contributed by atoms with van der Waals surface area (Å²) in [6.45, 7) is 4.33. The SMILES string of the molecule is NCCCn1cc(-c2ccc(OC(F)(F)F)cc2)c2cc(CN3CCC(Cc4cccc(Cl)c4)CC3)ccc21. The summed E-state index contributed by atoms with van der Waals surface area (Å²) < 4.78 is 44.1. The maximum absolute atomic E-state index is 12.6. The third-order valence-corrected chi connectivity index (χ3v) is 7.71. The highest BCUT2D eigenvalue weighted by atomic mass is 35.5. The summed E-state index contributed by atoms with van der Waals surface area (Å²) in [7, 11) is 0. The monoisotopic (exact) mass is 555 g/mol. The van der Waals surface area contributed by atoms with Gasteiger partial charge in [0.25, 0.3) is 0 Å². The van der Waals surface area contributed by atoms with E-state index in [1.807, 2.05) is 12.1 Å². The number of piperidine rings is 1. The maximum atomic E-state index is 12.6. The summed E-state index contributed by atoms with van der Waals surface area (Å²) in [6, 6.07) is 20.8. The molecule has 1 saturated heterocycles. The van der Waals surface area contributed by atoms with Gasteiger partial charge in [-0.2, -0.15) is 0 Å².